The second kappa shape index (κ2) is 8.19. The third-order valence-corrected chi connectivity index (χ3v) is 6.19. The molecule has 2 aliphatic rings. The molecule has 142 valence electrons. The van der Waals surface area contributed by atoms with Crippen LogP contribution in [-0.2, 0) is 0 Å². The van der Waals surface area contributed by atoms with Gasteiger partial charge in [-0.25, -0.2) is 10.0 Å². The van der Waals surface area contributed by atoms with Crippen molar-refractivity contribution in [2.45, 2.75) is 37.5 Å². The van der Waals surface area contributed by atoms with Crippen molar-refractivity contribution in [2.24, 2.45) is 0 Å². The average molecular weight is 365 g/mol. The molecule has 2 fully saturated rings. The molecule has 2 aromatic carbocycles. The largest absolute Gasteiger partial charge is 0.269 e. The molecule has 2 aliphatic heterocycles. The van der Waals surface area contributed by atoms with Crippen LogP contribution in [0.3, 0.4) is 0 Å². The SMILES string of the molecule is O=[N+]([O-])c1ccc(C2CCN(N3CCC(c4ccccc4)CC3)CC2)cc1. The van der Waals surface area contributed by atoms with Crippen molar-refractivity contribution in [2.75, 3.05) is 26.2 Å². The van der Waals surface area contributed by atoms with Crippen LogP contribution >= 0.6 is 0 Å². The Hall–Kier alpha value is -2.24. The molecule has 5 heteroatoms. The third kappa shape index (κ3) is 4.20. The molecule has 0 amide bonds. The lowest BCUT2D eigenvalue weighted by molar-refractivity contribution is -0.384. The summed E-state index contributed by atoms with van der Waals surface area (Å²) < 4.78 is 0. The molecular formula is C22H27N3O2. The smallest absolute Gasteiger partial charge is 0.258 e. The van der Waals surface area contributed by atoms with E-state index in [-0.39, 0.29) is 10.6 Å². The number of benzene rings is 2. The number of hydrogen-bond donors (Lipinski definition) is 0. The van der Waals surface area contributed by atoms with Crippen LogP contribution in [0.5, 0.6) is 0 Å². The predicted octanol–water partition coefficient (Wildman–Crippen LogP) is 4.57. The third-order valence-electron chi connectivity index (χ3n) is 6.19. The van der Waals surface area contributed by atoms with Crippen LogP contribution in [0.4, 0.5) is 5.69 Å². The van der Waals surface area contributed by atoms with E-state index in [1.165, 1.54) is 24.0 Å². The van der Waals surface area contributed by atoms with Crippen molar-refractivity contribution < 1.29 is 4.92 Å². The van der Waals surface area contributed by atoms with Gasteiger partial charge < -0.3 is 0 Å². The molecule has 0 aromatic heterocycles. The van der Waals surface area contributed by atoms with E-state index in [1.807, 2.05) is 12.1 Å². The Labute approximate surface area is 160 Å². The zero-order valence-electron chi connectivity index (χ0n) is 15.7. The minimum atomic E-state index is -0.328. The van der Waals surface area contributed by atoms with Gasteiger partial charge in [-0.3, -0.25) is 10.1 Å². The molecule has 0 aliphatic carbocycles. The second-order valence-corrected chi connectivity index (χ2v) is 7.72. The number of nitro benzene ring substituents is 1. The summed E-state index contributed by atoms with van der Waals surface area (Å²) in [6.45, 7) is 4.44. The Bertz CT molecular complexity index is 747. The number of non-ortho nitro benzene ring substituents is 1. The van der Waals surface area contributed by atoms with Gasteiger partial charge >= 0.3 is 0 Å². The van der Waals surface area contributed by atoms with Gasteiger partial charge in [0.05, 0.1) is 4.92 Å². The molecule has 0 radical (unpaired) electrons. The van der Waals surface area contributed by atoms with Crippen LogP contribution in [0.25, 0.3) is 0 Å². The Morgan fingerprint density at radius 3 is 1.59 bits per heavy atom. The van der Waals surface area contributed by atoms with Crippen LogP contribution in [0.15, 0.2) is 54.6 Å². The monoisotopic (exact) mass is 365 g/mol. The molecule has 0 bridgehead atoms. The Balaban J connectivity index is 1.28. The second-order valence-electron chi connectivity index (χ2n) is 7.72. The minimum absolute atomic E-state index is 0.178. The summed E-state index contributed by atoms with van der Waals surface area (Å²) in [5.74, 6) is 1.21. The van der Waals surface area contributed by atoms with Gasteiger partial charge in [0.15, 0.2) is 0 Å². The zero-order chi connectivity index (χ0) is 18.6. The quantitative estimate of drug-likeness (QED) is 0.588. The van der Waals surface area contributed by atoms with Crippen LogP contribution in [0.2, 0.25) is 0 Å². The summed E-state index contributed by atoms with van der Waals surface area (Å²) in [6, 6.07) is 18.0. The molecule has 4 rings (SSSR count). The summed E-state index contributed by atoms with van der Waals surface area (Å²) in [5.41, 5.74) is 2.90. The summed E-state index contributed by atoms with van der Waals surface area (Å²) in [4.78, 5) is 10.5. The fraction of sp³-hybridized carbons (Fsp3) is 0.455. The normalized spacial score (nSPS) is 20.6. The number of nitro groups is 1. The lowest BCUT2D eigenvalue weighted by Crippen LogP contribution is -2.49. The molecule has 0 N–H and O–H groups in total. The first-order chi connectivity index (χ1) is 13.2. The maximum atomic E-state index is 10.8. The maximum Gasteiger partial charge on any atom is 0.269 e. The lowest BCUT2D eigenvalue weighted by Gasteiger charge is -2.43. The van der Waals surface area contributed by atoms with Gasteiger partial charge in [-0.15, -0.1) is 0 Å². The molecule has 0 atom stereocenters. The highest BCUT2D eigenvalue weighted by Crippen LogP contribution is 2.32. The molecule has 5 nitrogen and oxygen atoms in total. The predicted molar refractivity (Wildman–Crippen MR) is 107 cm³/mol. The molecule has 0 spiro atoms. The van der Waals surface area contributed by atoms with E-state index in [0.717, 1.165) is 39.0 Å². The first kappa shape index (κ1) is 18.1. The highest BCUT2D eigenvalue weighted by molar-refractivity contribution is 5.34. The minimum Gasteiger partial charge on any atom is -0.258 e. The van der Waals surface area contributed by atoms with E-state index in [2.05, 4.69) is 40.3 Å². The summed E-state index contributed by atoms with van der Waals surface area (Å²) in [5, 5.41) is 15.9. The van der Waals surface area contributed by atoms with Crippen LogP contribution in [0, 0.1) is 10.1 Å². The first-order valence-electron chi connectivity index (χ1n) is 10.00. The molecule has 0 saturated carbocycles. The maximum absolute atomic E-state index is 10.8. The van der Waals surface area contributed by atoms with Gasteiger partial charge in [-0.2, -0.15) is 0 Å². The fourth-order valence-electron chi connectivity index (χ4n) is 4.56. The van der Waals surface area contributed by atoms with E-state index in [0.29, 0.717) is 11.8 Å². The number of nitrogens with zero attached hydrogens (tertiary/aromatic N) is 3. The van der Waals surface area contributed by atoms with E-state index >= 15 is 0 Å². The number of hydrazine groups is 1. The van der Waals surface area contributed by atoms with Crippen molar-refractivity contribution in [3.8, 4) is 0 Å². The molecule has 27 heavy (non-hydrogen) atoms. The number of hydrogen-bond acceptors (Lipinski definition) is 4. The van der Waals surface area contributed by atoms with E-state index in [4.69, 9.17) is 0 Å². The van der Waals surface area contributed by atoms with E-state index in [9.17, 15) is 10.1 Å². The van der Waals surface area contributed by atoms with Gasteiger partial charge in [-0.1, -0.05) is 42.5 Å². The van der Waals surface area contributed by atoms with Crippen LogP contribution in [0.1, 0.15) is 48.6 Å². The number of piperidine rings is 2. The van der Waals surface area contributed by atoms with E-state index in [1.54, 1.807) is 12.1 Å². The van der Waals surface area contributed by atoms with Crippen LogP contribution in [-0.4, -0.2) is 41.1 Å². The zero-order valence-corrected chi connectivity index (χ0v) is 15.7. The average Bonchev–Trinajstić information content (AvgIpc) is 2.75. The Morgan fingerprint density at radius 2 is 1.15 bits per heavy atom. The topological polar surface area (TPSA) is 49.6 Å². The van der Waals surface area contributed by atoms with Crippen molar-refractivity contribution in [3.05, 3.63) is 75.8 Å². The highest BCUT2D eigenvalue weighted by Gasteiger charge is 2.28. The highest BCUT2D eigenvalue weighted by atomic mass is 16.6. The summed E-state index contributed by atoms with van der Waals surface area (Å²) in [7, 11) is 0. The molecule has 2 heterocycles. The van der Waals surface area contributed by atoms with Crippen LogP contribution < -0.4 is 0 Å². The van der Waals surface area contributed by atoms with Gasteiger partial charge in [0, 0.05) is 38.3 Å². The van der Waals surface area contributed by atoms with Gasteiger partial charge in [0.25, 0.3) is 5.69 Å². The van der Waals surface area contributed by atoms with Crippen molar-refractivity contribution in [1.82, 2.24) is 10.0 Å². The Morgan fingerprint density at radius 1 is 0.704 bits per heavy atom. The summed E-state index contributed by atoms with van der Waals surface area (Å²) in [6.07, 6.45) is 4.70. The lowest BCUT2D eigenvalue weighted by atomic mass is 9.88. The molecule has 2 saturated heterocycles. The van der Waals surface area contributed by atoms with Crippen molar-refractivity contribution in [3.63, 3.8) is 0 Å². The molecule has 2 aromatic rings. The standard InChI is InChI=1S/C22H27N3O2/c26-25(27)22-8-6-19(7-9-22)21-12-16-24(17-13-21)23-14-10-20(11-15-23)18-4-2-1-3-5-18/h1-9,20-21H,10-17H2. The summed E-state index contributed by atoms with van der Waals surface area (Å²) >= 11 is 0. The molecule has 0 unspecified atom stereocenters. The number of rotatable bonds is 4. The van der Waals surface area contributed by atoms with Gasteiger partial charge in [0.1, 0.15) is 0 Å². The van der Waals surface area contributed by atoms with Gasteiger partial charge in [-0.05, 0) is 48.6 Å². The van der Waals surface area contributed by atoms with Gasteiger partial charge in [0.2, 0.25) is 0 Å². The van der Waals surface area contributed by atoms with Crippen molar-refractivity contribution in [1.29, 1.82) is 0 Å². The first-order valence-corrected chi connectivity index (χ1v) is 10.00. The van der Waals surface area contributed by atoms with E-state index < -0.39 is 0 Å². The Kier molecular flexibility index (Phi) is 5.50. The van der Waals surface area contributed by atoms with Crippen molar-refractivity contribution >= 4 is 5.69 Å². The fourth-order valence-corrected chi connectivity index (χ4v) is 4.56. The molecular weight excluding hydrogens is 338 g/mol.